The molecule has 1 aromatic carbocycles. The van der Waals surface area contributed by atoms with Crippen molar-refractivity contribution in [3.63, 3.8) is 0 Å². The summed E-state index contributed by atoms with van der Waals surface area (Å²) in [7, 11) is 0. The van der Waals surface area contributed by atoms with Crippen LogP contribution in [-0.4, -0.2) is 40.8 Å². The second kappa shape index (κ2) is 7.13. The number of ether oxygens (including phenoxy) is 1. The van der Waals surface area contributed by atoms with Crippen molar-refractivity contribution >= 4 is 28.0 Å². The van der Waals surface area contributed by atoms with E-state index in [1.54, 1.807) is 20.8 Å². The van der Waals surface area contributed by atoms with Crippen molar-refractivity contribution < 1.29 is 19.4 Å². The van der Waals surface area contributed by atoms with Crippen molar-refractivity contribution in [3.8, 4) is 0 Å². The van der Waals surface area contributed by atoms with Gasteiger partial charge in [-0.3, -0.25) is 4.79 Å². The molecule has 0 spiro atoms. The van der Waals surface area contributed by atoms with E-state index in [4.69, 9.17) is 4.74 Å². The molecule has 1 aromatic rings. The highest BCUT2D eigenvalue weighted by Crippen LogP contribution is 2.36. The zero-order valence-electron chi connectivity index (χ0n) is 14.3. The first kappa shape index (κ1) is 18.8. The van der Waals surface area contributed by atoms with Crippen LogP contribution in [0.2, 0.25) is 0 Å². The van der Waals surface area contributed by atoms with E-state index in [1.165, 1.54) is 4.90 Å². The minimum absolute atomic E-state index is 0.165. The van der Waals surface area contributed by atoms with Gasteiger partial charge in [-0.15, -0.1) is 0 Å². The van der Waals surface area contributed by atoms with Crippen molar-refractivity contribution in [1.29, 1.82) is 0 Å². The molecule has 1 amide bonds. The lowest BCUT2D eigenvalue weighted by molar-refractivity contribution is -0.152. The minimum atomic E-state index is -0.987. The molecule has 1 N–H and O–H groups in total. The Morgan fingerprint density at radius 1 is 1.33 bits per heavy atom. The Morgan fingerprint density at radius 2 is 2.00 bits per heavy atom. The first-order valence-corrected chi connectivity index (χ1v) is 8.87. The Morgan fingerprint density at radius 3 is 2.58 bits per heavy atom. The number of carboxylic acids is 1. The molecule has 132 valence electrons. The number of carbonyl (C=O) groups excluding carboxylic acids is 1. The maximum atomic E-state index is 12.3. The van der Waals surface area contributed by atoms with Crippen molar-refractivity contribution in [2.24, 2.45) is 5.41 Å². The molecule has 1 atom stereocenters. The Balaban J connectivity index is 2.21. The number of aliphatic carboxylic acids is 1. The van der Waals surface area contributed by atoms with Gasteiger partial charge in [0, 0.05) is 17.6 Å². The van der Waals surface area contributed by atoms with Crippen LogP contribution in [0, 0.1) is 5.41 Å². The number of benzene rings is 1. The molecule has 0 aliphatic carbocycles. The summed E-state index contributed by atoms with van der Waals surface area (Å²) in [4.78, 5) is 25.9. The quantitative estimate of drug-likeness (QED) is 0.833. The van der Waals surface area contributed by atoms with E-state index in [9.17, 15) is 14.7 Å². The highest BCUT2D eigenvalue weighted by molar-refractivity contribution is 9.10. The molecule has 0 saturated carbocycles. The molecule has 1 fully saturated rings. The van der Waals surface area contributed by atoms with Gasteiger partial charge >= 0.3 is 12.1 Å². The smallest absolute Gasteiger partial charge is 0.410 e. The van der Waals surface area contributed by atoms with Crippen molar-refractivity contribution in [2.75, 3.05) is 13.1 Å². The summed E-state index contributed by atoms with van der Waals surface area (Å²) >= 11 is 3.48. The topological polar surface area (TPSA) is 66.8 Å². The average Bonchev–Trinajstić information content (AvgIpc) is 2.48. The third-order valence-corrected chi connectivity index (χ3v) is 4.94. The van der Waals surface area contributed by atoms with E-state index in [1.807, 2.05) is 24.3 Å². The first-order valence-electron chi connectivity index (χ1n) is 8.08. The van der Waals surface area contributed by atoms with Gasteiger partial charge in [-0.05, 0) is 51.7 Å². The van der Waals surface area contributed by atoms with Gasteiger partial charge in [0.2, 0.25) is 0 Å². The number of carboxylic acid groups (broad SMARTS) is 1. The number of hydrogen-bond donors (Lipinski definition) is 1. The maximum absolute atomic E-state index is 12.3. The van der Waals surface area contributed by atoms with Gasteiger partial charge in [0.1, 0.15) is 5.60 Å². The van der Waals surface area contributed by atoms with Crippen molar-refractivity contribution in [3.05, 3.63) is 34.3 Å². The largest absolute Gasteiger partial charge is 0.481 e. The van der Waals surface area contributed by atoms with Crippen molar-refractivity contribution in [1.82, 2.24) is 4.90 Å². The number of amides is 1. The predicted octanol–water partition coefficient (Wildman–Crippen LogP) is 4.09. The van der Waals surface area contributed by atoms with E-state index >= 15 is 0 Å². The number of rotatable bonds is 3. The predicted molar refractivity (Wildman–Crippen MR) is 95.0 cm³/mol. The molecule has 24 heavy (non-hydrogen) atoms. The molecule has 0 unspecified atom stereocenters. The summed E-state index contributed by atoms with van der Waals surface area (Å²) in [5, 5.41) is 9.88. The molecule has 6 heteroatoms. The van der Waals surface area contributed by atoms with E-state index in [0.29, 0.717) is 25.8 Å². The lowest BCUT2D eigenvalue weighted by atomic mass is 9.75. The summed E-state index contributed by atoms with van der Waals surface area (Å²) in [6, 6.07) is 7.61. The van der Waals surface area contributed by atoms with Crippen LogP contribution in [0.15, 0.2) is 28.7 Å². The zero-order valence-corrected chi connectivity index (χ0v) is 15.9. The molecule has 5 nitrogen and oxygen atoms in total. The summed E-state index contributed by atoms with van der Waals surface area (Å²) in [5.41, 5.74) is -0.645. The summed E-state index contributed by atoms with van der Waals surface area (Å²) in [5.74, 6) is -0.869. The molecule has 1 heterocycles. The standard InChI is InChI=1S/C18H24BrNO4/c1-17(2,3)24-16(23)20-10-6-9-18(12-20,15(21)22)11-13-7-4-5-8-14(13)19/h4-5,7-8H,6,9-12H2,1-3H3,(H,21,22)/t18-/m1/s1. The van der Waals surface area contributed by atoms with E-state index in [-0.39, 0.29) is 6.54 Å². The molecule has 0 aromatic heterocycles. The zero-order chi connectivity index (χ0) is 18.0. The second-order valence-electron chi connectivity index (χ2n) is 7.36. The van der Waals surface area contributed by atoms with Crippen LogP contribution in [0.4, 0.5) is 4.79 Å². The molecule has 1 aliphatic rings. The van der Waals surface area contributed by atoms with E-state index in [0.717, 1.165) is 10.0 Å². The fourth-order valence-electron chi connectivity index (χ4n) is 3.01. The third kappa shape index (κ3) is 4.50. The number of likely N-dealkylation sites (tertiary alicyclic amines) is 1. The number of hydrogen-bond acceptors (Lipinski definition) is 3. The summed E-state index contributed by atoms with van der Waals surface area (Å²) in [6.45, 7) is 6.11. The number of halogens is 1. The Hall–Kier alpha value is -1.56. The Labute approximate surface area is 151 Å². The van der Waals surface area contributed by atoms with Gasteiger partial charge in [0.15, 0.2) is 0 Å². The van der Waals surface area contributed by atoms with Crippen LogP contribution in [0.5, 0.6) is 0 Å². The molecular weight excluding hydrogens is 374 g/mol. The molecular formula is C18H24BrNO4. The highest BCUT2D eigenvalue weighted by atomic mass is 79.9. The average molecular weight is 398 g/mol. The maximum Gasteiger partial charge on any atom is 0.410 e. The molecule has 1 aliphatic heterocycles. The normalized spacial score (nSPS) is 21.4. The monoisotopic (exact) mass is 397 g/mol. The lowest BCUT2D eigenvalue weighted by Crippen LogP contribution is -2.52. The minimum Gasteiger partial charge on any atom is -0.481 e. The van der Waals surface area contributed by atoms with Gasteiger partial charge in [-0.2, -0.15) is 0 Å². The fraction of sp³-hybridized carbons (Fsp3) is 0.556. The molecule has 0 bridgehead atoms. The second-order valence-corrected chi connectivity index (χ2v) is 8.21. The van der Waals surface area contributed by atoms with Gasteiger partial charge < -0.3 is 14.7 Å². The van der Waals surface area contributed by atoms with Crippen LogP contribution >= 0.6 is 15.9 Å². The molecule has 1 saturated heterocycles. The van der Waals surface area contributed by atoms with E-state index < -0.39 is 23.1 Å². The van der Waals surface area contributed by atoms with Crippen LogP contribution < -0.4 is 0 Å². The van der Waals surface area contributed by atoms with Gasteiger partial charge in [-0.1, -0.05) is 34.1 Å². The SMILES string of the molecule is CC(C)(C)OC(=O)N1CCC[C@](Cc2ccccc2Br)(C(=O)O)C1. The first-order chi connectivity index (χ1) is 11.1. The summed E-state index contributed by atoms with van der Waals surface area (Å²) < 4.78 is 6.30. The van der Waals surface area contributed by atoms with Crippen molar-refractivity contribution in [2.45, 2.75) is 45.6 Å². The van der Waals surface area contributed by atoms with Crippen LogP contribution in [0.1, 0.15) is 39.2 Å². The van der Waals surface area contributed by atoms with Crippen LogP contribution in [0.3, 0.4) is 0 Å². The number of piperidine rings is 1. The van der Waals surface area contributed by atoms with Gasteiger partial charge in [0.25, 0.3) is 0 Å². The van der Waals surface area contributed by atoms with Gasteiger partial charge in [0.05, 0.1) is 5.41 Å². The Kier molecular flexibility index (Phi) is 5.58. The molecule has 0 radical (unpaired) electrons. The number of nitrogens with zero attached hydrogens (tertiary/aromatic N) is 1. The van der Waals surface area contributed by atoms with Crippen LogP contribution in [0.25, 0.3) is 0 Å². The summed E-state index contributed by atoms with van der Waals surface area (Å²) in [6.07, 6.45) is 1.13. The highest BCUT2D eigenvalue weighted by Gasteiger charge is 2.44. The Bertz CT molecular complexity index is 626. The third-order valence-electron chi connectivity index (χ3n) is 4.17. The number of carbonyl (C=O) groups is 2. The fourth-order valence-corrected chi connectivity index (χ4v) is 3.44. The lowest BCUT2D eigenvalue weighted by Gasteiger charge is -2.40. The molecule has 2 rings (SSSR count). The van der Waals surface area contributed by atoms with E-state index in [2.05, 4.69) is 15.9 Å². The van der Waals surface area contributed by atoms with Crippen LogP contribution in [-0.2, 0) is 16.0 Å². The van der Waals surface area contributed by atoms with Gasteiger partial charge in [-0.25, -0.2) is 4.79 Å².